The Labute approximate surface area is 81.5 Å². The van der Waals surface area contributed by atoms with Crippen molar-refractivity contribution in [3.05, 3.63) is 23.2 Å². The van der Waals surface area contributed by atoms with Crippen LogP contribution in [0.1, 0.15) is 28.6 Å². The molecule has 1 aliphatic rings. The molecule has 76 valence electrons. The molecule has 1 fully saturated rings. The Morgan fingerprint density at radius 1 is 1.57 bits per heavy atom. The largest absolute Gasteiger partial charge is 0.475 e. The van der Waals surface area contributed by atoms with Gasteiger partial charge in [0.1, 0.15) is 0 Å². The number of hydrogen-bond donors (Lipinski definition) is 1. The molecule has 1 N–H and O–H groups in total. The summed E-state index contributed by atoms with van der Waals surface area (Å²) in [5, 5.41) is 8.81. The van der Waals surface area contributed by atoms with Gasteiger partial charge in [-0.2, -0.15) is 0 Å². The highest BCUT2D eigenvalue weighted by Gasteiger charge is 2.38. The predicted octanol–water partition coefficient (Wildman–Crippen LogP) is 1.57. The van der Waals surface area contributed by atoms with Gasteiger partial charge in [-0.3, -0.25) is 0 Å². The lowest BCUT2D eigenvalue weighted by Crippen LogP contribution is -2.44. The molecule has 0 atom stereocenters. The fraction of sp³-hybridized carbons (Fsp3) is 0.500. The molecule has 0 aliphatic carbocycles. The van der Waals surface area contributed by atoms with Crippen LogP contribution in [0.3, 0.4) is 0 Å². The van der Waals surface area contributed by atoms with Crippen LogP contribution in [-0.2, 0) is 10.2 Å². The van der Waals surface area contributed by atoms with E-state index in [2.05, 4.69) is 0 Å². The second kappa shape index (κ2) is 2.85. The zero-order chi connectivity index (χ0) is 10.3. The summed E-state index contributed by atoms with van der Waals surface area (Å²) in [4.78, 5) is 10.7. The molecule has 2 rings (SSSR count). The highest BCUT2D eigenvalue weighted by atomic mass is 16.5. The Kier molecular flexibility index (Phi) is 1.89. The second-order valence-electron chi connectivity index (χ2n) is 3.96. The Morgan fingerprint density at radius 3 is 2.57 bits per heavy atom. The van der Waals surface area contributed by atoms with E-state index in [0.29, 0.717) is 18.8 Å². The van der Waals surface area contributed by atoms with Gasteiger partial charge in [-0.05, 0) is 6.92 Å². The van der Waals surface area contributed by atoms with E-state index in [1.54, 1.807) is 6.92 Å². The quantitative estimate of drug-likeness (QED) is 0.780. The molecule has 0 saturated carbocycles. The lowest BCUT2D eigenvalue weighted by Gasteiger charge is -2.37. The lowest BCUT2D eigenvalue weighted by atomic mass is 9.80. The summed E-state index contributed by atoms with van der Waals surface area (Å²) in [6, 6.07) is 0. The van der Waals surface area contributed by atoms with Crippen LogP contribution in [0.25, 0.3) is 0 Å². The smallest absolute Gasteiger partial charge is 0.372 e. The van der Waals surface area contributed by atoms with E-state index < -0.39 is 5.97 Å². The lowest BCUT2D eigenvalue weighted by molar-refractivity contribution is -0.0505. The summed E-state index contributed by atoms with van der Waals surface area (Å²) in [5.74, 6) is -0.981. The standard InChI is InChI=1S/C10H12O4/c1-6-7(10(2)4-13-5-10)3-14-8(6)9(11)12/h3H,4-5H2,1-2H3,(H,11,12). The fourth-order valence-electron chi connectivity index (χ4n) is 1.79. The molecule has 14 heavy (non-hydrogen) atoms. The third kappa shape index (κ3) is 1.14. The molecular formula is C10H12O4. The molecular weight excluding hydrogens is 184 g/mol. The van der Waals surface area contributed by atoms with Crippen molar-refractivity contribution < 1.29 is 19.1 Å². The molecule has 1 aliphatic heterocycles. The third-order valence-corrected chi connectivity index (χ3v) is 2.72. The molecule has 0 aromatic carbocycles. The van der Waals surface area contributed by atoms with Gasteiger partial charge >= 0.3 is 5.97 Å². The highest BCUT2D eigenvalue weighted by molar-refractivity contribution is 5.86. The molecule has 1 aromatic heterocycles. The first kappa shape index (κ1) is 9.27. The summed E-state index contributed by atoms with van der Waals surface area (Å²) in [6.07, 6.45) is 1.53. The molecule has 1 aromatic rings. The van der Waals surface area contributed by atoms with E-state index in [9.17, 15) is 4.79 Å². The molecule has 2 heterocycles. The number of furan rings is 1. The van der Waals surface area contributed by atoms with Gasteiger partial charge in [0.25, 0.3) is 0 Å². The average molecular weight is 196 g/mol. The third-order valence-electron chi connectivity index (χ3n) is 2.72. The van der Waals surface area contributed by atoms with Crippen LogP contribution in [0.5, 0.6) is 0 Å². The maximum atomic E-state index is 10.7. The highest BCUT2D eigenvalue weighted by Crippen LogP contribution is 2.35. The van der Waals surface area contributed by atoms with Crippen LogP contribution in [0.4, 0.5) is 0 Å². The fourth-order valence-corrected chi connectivity index (χ4v) is 1.79. The van der Waals surface area contributed by atoms with Gasteiger partial charge in [0.2, 0.25) is 5.76 Å². The molecule has 0 spiro atoms. The molecule has 0 amide bonds. The van der Waals surface area contributed by atoms with E-state index in [4.69, 9.17) is 14.3 Å². The maximum absolute atomic E-state index is 10.7. The summed E-state index contributed by atoms with van der Waals surface area (Å²) >= 11 is 0. The first-order valence-electron chi connectivity index (χ1n) is 4.44. The van der Waals surface area contributed by atoms with E-state index in [1.807, 2.05) is 6.92 Å². The number of carbonyl (C=O) groups is 1. The zero-order valence-electron chi connectivity index (χ0n) is 8.16. The van der Waals surface area contributed by atoms with Crippen LogP contribution in [-0.4, -0.2) is 24.3 Å². The zero-order valence-corrected chi connectivity index (χ0v) is 8.16. The first-order valence-corrected chi connectivity index (χ1v) is 4.44. The van der Waals surface area contributed by atoms with Crippen LogP contribution in [0.15, 0.2) is 10.7 Å². The number of carboxylic acids is 1. The van der Waals surface area contributed by atoms with Crippen LogP contribution < -0.4 is 0 Å². The Bertz CT molecular complexity index is 373. The summed E-state index contributed by atoms with van der Waals surface area (Å²) in [5.41, 5.74) is 1.59. The van der Waals surface area contributed by atoms with Gasteiger partial charge < -0.3 is 14.3 Å². The van der Waals surface area contributed by atoms with Gasteiger partial charge in [-0.1, -0.05) is 6.92 Å². The topological polar surface area (TPSA) is 59.7 Å². The molecule has 1 saturated heterocycles. The minimum absolute atomic E-state index is 0.0353. The molecule has 4 nitrogen and oxygen atoms in total. The van der Waals surface area contributed by atoms with Crippen molar-refractivity contribution in [3.8, 4) is 0 Å². The normalized spacial score (nSPS) is 19.0. The maximum Gasteiger partial charge on any atom is 0.372 e. The van der Waals surface area contributed by atoms with Crippen molar-refractivity contribution in [3.63, 3.8) is 0 Å². The number of ether oxygens (including phenoxy) is 1. The summed E-state index contributed by atoms with van der Waals surface area (Å²) in [7, 11) is 0. The van der Waals surface area contributed by atoms with Crippen molar-refractivity contribution in [2.45, 2.75) is 19.3 Å². The SMILES string of the molecule is Cc1c(C2(C)COC2)coc1C(=O)O. The monoisotopic (exact) mass is 196 g/mol. The Balaban J connectivity index is 2.40. The minimum Gasteiger partial charge on any atom is -0.475 e. The van der Waals surface area contributed by atoms with Crippen molar-refractivity contribution in [2.24, 2.45) is 0 Å². The summed E-state index contributed by atoms with van der Waals surface area (Å²) in [6.45, 7) is 5.07. The number of rotatable bonds is 2. The van der Waals surface area contributed by atoms with Crippen molar-refractivity contribution in [1.82, 2.24) is 0 Å². The molecule has 0 radical (unpaired) electrons. The minimum atomic E-state index is -1.02. The van der Waals surface area contributed by atoms with Crippen LogP contribution in [0, 0.1) is 6.92 Å². The number of hydrogen-bond acceptors (Lipinski definition) is 3. The van der Waals surface area contributed by atoms with Crippen molar-refractivity contribution >= 4 is 5.97 Å². The van der Waals surface area contributed by atoms with Gasteiger partial charge in [0.05, 0.1) is 19.5 Å². The van der Waals surface area contributed by atoms with Gasteiger partial charge in [0.15, 0.2) is 0 Å². The van der Waals surface area contributed by atoms with E-state index >= 15 is 0 Å². The number of carboxylic acid groups (broad SMARTS) is 1. The number of aromatic carboxylic acids is 1. The first-order chi connectivity index (χ1) is 6.54. The van der Waals surface area contributed by atoms with E-state index in [1.165, 1.54) is 6.26 Å². The van der Waals surface area contributed by atoms with Crippen LogP contribution in [0.2, 0.25) is 0 Å². The van der Waals surface area contributed by atoms with Crippen molar-refractivity contribution in [2.75, 3.05) is 13.2 Å². The average Bonchev–Trinajstić information content (AvgIpc) is 2.43. The summed E-state index contributed by atoms with van der Waals surface area (Å²) < 4.78 is 10.2. The van der Waals surface area contributed by atoms with E-state index in [-0.39, 0.29) is 11.2 Å². The van der Waals surface area contributed by atoms with Gasteiger partial charge in [-0.15, -0.1) is 0 Å². The van der Waals surface area contributed by atoms with Gasteiger partial charge in [-0.25, -0.2) is 4.79 Å². The Morgan fingerprint density at radius 2 is 2.21 bits per heavy atom. The predicted molar refractivity (Wildman–Crippen MR) is 48.6 cm³/mol. The molecule has 0 unspecified atom stereocenters. The second-order valence-corrected chi connectivity index (χ2v) is 3.96. The van der Waals surface area contributed by atoms with Crippen LogP contribution >= 0.6 is 0 Å². The Hall–Kier alpha value is -1.29. The molecule has 0 bridgehead atoms. The van der Waals surface area contributed by atoms with Crippen molar-refractivity contribution in [1.29, 1.82) is 0 Å². The molecule has 4 heteroatoms. The van der Waals surface area contributed by atoms with Gasteiger partial charge in [0, 0.05) is 16.5 Å². The van der Waals surface area contributed by atoms with E-state index in [0.717, 1.165) is 5.56 Å².